The zero-order chi connectivity index (χ0) is 17.6. The molecule has 1 aliphatic heterocycles. The van der Waals surface area contributed by atoms with Gasteiger partial charge in [0.1, 0.15) is 5.76 Å². The molecule has 1 aromatic heterocycles. The molecule has 0 N–H and O–H groups in total. The molecule has 0 spiro atoms. The average molecular weight is 359 g/mol. The van der Waals surface area contributed by atoms with Gasteiger partial charge in [-0.05, 0) is 38.8 Å². The van der Waals surface area contributed by atoms with Crippen LogP contribution in [0, 0.1) is 13.8 Å². The van der Waals surface area contributed by atoms with Gasteiger partial charge in [0.25, 0.3) is 5.91 Å². The van der Waals surface area contributed by atoms with E-state index in [2.05, 4.69) is 5.16 Å². The van der Waals surface area contributed by atoms with Crippen LogP contribution in [0.4, 0.5) is 0 Å². The minimum atomic E-state index is 0.170. The van der Waals surface area contributed by atoms with E-state index < -0.39 is 0 Å². The fourth-order valence-electron chi connectivity index (χ4n) is 3.25. The third-order valence-electron chi connectivity index (χ3n) is 4.81. The molecule has 25 heavy (non-hydrogen) atoms. The van der Waals surface area contributed by atoms with Crippen molar-refractivity contribution < 1.29 is 9.32 Å². The fraction of sp³-hybridized carbons (Fsp3) is 0.500. The minimum absolute atomic E-state index is 0.170. The molecular formula is C20H26N2O2S. The summed E-state index contributed by atoms with van der Waals surface area (Å²) in [6.45, 7) is 5.65. The van der Waals surface area contributed by atoms with Crippen molar-refractivity contribution in [2.45, 2.75) is 56.6 Å². The van der Waals surface area contributed by atoms with E-state index in [9.17, 15) is 4.79 Å². The number of hydrogen-bond acceptors (Lipinski definition) is 4. The third-order valence-corrected chi connectivity index (χ3v) is 5.91. The van der Waals surface area contributed by atoms with Crippen molar-refractivity contribution in [3.63, 3.8) is 0 Å². The number of aromatic nitrogens is 1. The highest BCUT2D eigenvalue weighted by Gasteiger charge is 2.20. The monoisotopic (exact) mass is 358 g/mol. The third kappa shape index (κ3) is 4.46. The van der Waals surface area contributed by atoms with Gasteiger partial charge in [0.05, 0.1) is 11.3 Å². The lowest BCUT2D eigenvalue weighted by Gasteiger charge is -2.25. The molecule has 134 valence electrons. The van der Waals surface area contributed by atoms with Crippen molar-refractivity contribution in [1.29, 1.82) is 0 Å². The lowest BCUT2D eigenvalue weighted by molar-refractivity contribution is 0.0739. The molecule has 0 radical (unpaired) electrons. The Hall–Kier alpha value is -1.75. The molecule has 3 rings (SSSR count). The number of carbonyl (C=O) groups excluding carboxylic acids is 1. The Morgan fingerprint density at radius 1 is 1.12 bits per heavy atom. The van der Waals surface area contributed by atoms with Gasteiger partial charge in [0, 0.05) is 29.3 Å². The maximum absolute atomic E-state index is 13.1. The number of thioether (sulfide) groups is 1. The first-order valence-electron chi connectivity index (χ1n) is 9.09. The molecule has 1 aliphatic rings. The lowest BCUT2D eigenvalue weighted by atomic mass is 10.1. The topological polar surface area (TPSA) is 46.3 Å². The highest BCUT2D eigenvalue weighted by Crippen LogP contribution is 2.29. The Bertz CT molecular complexity index is 699. The quantitative estimate of drug-likeness (QED) is 0.722. The van der Waals surface area contributed by atoms with Crippen molar-refractivity contribution in [2.75, 3.05) is 13.1 Å². The number of aryl methyl sites for hydroxylation is 2. The average Bonchev–Trinajstić information content (AvgIpc) is 2.91. The summed E-state index contributed by atoms with van der Waals surface area (Å²) in [4.78, 5) is 16.1. The van der Waals surface area contributed by atoms with E-state index in [4.69, 9.17) is 4.52 Å². The number of rotatable bonds is 4. The van der Waals surface area contributed by atoms with Crippen LogP contribution in [0.25, 0.3) is 0 Å². The normalized spacial score (nSPS) is 15.7. The lowest BCUT2D eigenvalue weighted by Crippen LogP contribution is -2.34. The fourth-order valence-corrected chi connectivity index (χ4v) is 4.45. The second-order valence-electron chi connectivity index (χ2n) is 6.65. The second kappa shape index (κ2) is 8.56. The standard InChI is InChI=1S/C20H26N2O2S/c1-15-18(16(2)24-21-15)14-25-19-11-7-6-10-17(19)20(23)22-12-8-4-3-5-9-13-22/h6-7,10-11H,3-5,8-9,12-14H2,1-2H3. The zero-order valence-electron chi connectivity index (χ0n) is 15.1. The molecular weight excluding hydrogens is 332 g/mol. The number of benzene rings is 1. The van der Waals surface area contributed by atoms with Gasteiger partial charge in [-0.3, -0.25) is 4.79 Å². The van der Waals surface area contributed by atoms with Crippen molar-refractivity contribution in [1.82, 2.24) is 10.1 Å². The molecule has 4 nitrogen and oxygen atoms in total. The SMILES string of the molecule is Cc1noc(C)c1CSc1ccccc1C(=O)N1CCCCCCC1. The van der Waals surface area contributed by atoms with Crippen molar-refractivity contribution >= 4 is 17.7 Å². The van der Waals surface area contributed by atoms with E-state index in [-0.39, 0.29) is 5.91 Å². The number of hydrogen-bond donors (Lipinski definition) is 0. The molecule has 0 atom stereocenters. The Labute approximate surface area is 154 Å². The van der Waals surface area contributed by atoms with Gasteiger partial charge >= 0.3 is 0 Å². The predicted molar refractivity (Wildman–Crippen MR) is 101 cm³/mol. The number of nitrogens with zero attached hydrogens (tertiary/aromatic N) is 2. The predicted octanol–water partition coefficient (Wildman–Crippen LogP) is 4.99. The summed E-state index contributed by atoms with van der Waals surface area (Å²) >= 11 is 1.69. The smallest absolute Gasteiger partial charge is 0.254 e. The summed E-state index contributed by atoms with van der Waals surface area (Å²) in [7, 11) is 0. The van der Waals surface area contributed by atoms with E-state index >= 15 is 0 Å². The van der Waals surface area contributed by atoms with Gasteiger partial charge in [0.15, 0.2) is 0 Å². The molecule has 0 bridgehead atoms. The van der Waals surface area contributed by atoms with E-state index in [1.165, 1.54) is 19.3 Å². The summed E-state index contributed by atoms with van der Waals surface area (Å²) < 4.78 is 5.24. The molecule has 5 heteroatoms. The van der Waals surface area contributed by atoms with Crippen molar-refractivity contribution in [2.24, 2.45) is 0 Å². The Morgan fingerprint density at radius 2 is 1.80 bits per heavy atom. The molecule has 1 fully saturated rings. The summed E-state index contributed by atoms with van der Waals surface area (Å²) in [5, 5.41) is 4.02. The van der Waals surface area contributed by atoms with E-state index in [0.717, 1.165) is 59.2 Å². The van der Waals surface area contributed by atoms with Gasteiger partial charge in [-0.15, -0.1) is 11.8 Å². The Morgan fingerprint density at radius 3 is 2.48 bits per heavy atom. The van der Waals surface area contributed by atoms with Crippen LogP contribution in [0.5, 0.6) is 0 Å². The minimum Gasteiger partial charge on any atom is -0.361 e. The van der Waals surface area contributed by atoms with Gasteiger partial charge < -0.3 is 9.42 Å². The van der Waals surface area contributed by atoms with Crippen LogP contribution in [0.3, 0.4) is 0 Å². The van der Waals surface area contributed by atoms with Crippen LogP contribution in [-0.4, -0.2) is 29.1 Å². The Kier molecular flexibility index (Phi) is 6.19. The van der Waals surface area contributed by atoms with Crippen LogP contribution >= 0.6 is 11.8 Å². The highest BCUT2D eigenvalue weighted by molar-refractivity contribution is 7.98. The van der Waals surface area contributed by atoms with Gasteiger partial charge in [0.2, 0.25) is 0 Å². The van der Waals surface area contributed by atoms with E-state index in [0.29, 0.717) is 0 Å². The van der Waals surface area contributed by atoms with Crippen LogP contribution in [0.2, 0.25) is 0 Å². The largest absolute Gasteiger partial charge is 0.361 e. The first kappa shape index (κ1) is 18.1. The molecule has 0 saturated carbocycles. The van der Waals surface area contributed by atoms with E-state index in [1.807, 2.05) is 43.0 Å². The van der Waals surface area contributed by atoms with Crippen LogP contribution in [0.15, 0.2) is 33.7 Å². The summed E-state index contributed by atoms with van der Waals surface area (Å²) in [5.74, 6) is 1.80. The maximum Gasteiger partial charge on any atom is 0.254 e. The molecule has 0 aliphatic carbocycles. The molecule has 2 aromatic rings. The maximum atomic E-state index is 13.1. The zero-order valence-corrected chi connectivity index (χ0v) is 15.9. The highest BCUT2D eigenvalue weighted by atomic mass is 32.2. The first-order chi connectivity index (χ1) is 12.2. The van der Waals surface area contributed by atoms with Crippen molar-refractivity contribution in [3.8, 4) is 0 Å². The molecule has 1 saturated heterocycles. The molecule has 1 aromatic carbocycles. The van der Waals surface area contributed by atoms with Gasteiger partial charge in [-0.25, -0.2) is 0 Å². The summed E-state index contributed by atoms with van der Waals surface area (Å²) in [6, 6.07) is 7.95. The molecule has 0 unspecified atom stereocenters. The second-order valence-corrected chi connectivity index (χ2v) is 7.66. The van der Waals surface area contributed by atoms with Gasteiger partial charge in [-0.1, -0.05) is 36.6 Å². The number of carbonyl (C=O) groups is 1. The van der Waals surface area contributed by atoms with Crippen LogP contribution in [-0.2, 0) is 5.75 Å². The van der Waals surface area contributed by atoms with E-state index in [1.54, 1.807) is 11.8 Å². The molecule has 1 amide bonds. The summed E-state index contributed by atoms with van der Waals surface area (Å²) in [5.41, 5.74) is 2.87. The number of amides is 1. The number of likely N-dealkylation sites (tertiary alicyclic amines) is 1. The summed E-state index contributed by atoms with van der Waals surface area (Å²) in [6.07, 6.45) is 5.98. The van der Waals surface area contributed by atoms with Crippen LogP contribution in [0.1, 0.15) is 59.5 Å². The Balaban J connectivity index is 1.74. The first-order valence-corrected chi connectivity index (χ1v) is 10.1. The molecule has 2 heterocycles. The van der Waals surface area contributed by atoms with Crippen molar-refractivity contribution in [3.05, 3.63) is 46.8 Å². The van der Waals surface area contributed by atoms with Crippen LogP contribution < -0.4 is 0 Å². The van der Waals surface area contributed by atoms with Gasteiger partial charge in [-0.2, -0.15) is 0 Å².